The lowest BCUT2D eigenvalue weighted by Crippen LogP contribution is -2.35. The third-order valence-corrected chi connectivity index (χ3v) is 5.23. The summed E-state index contributed by atoms with van der Waals surface area (Å²) < 4.78 is 0. The molecular weight excluding hydrogens is 302 g/mol. The van der Waals surface area contributed by atoms with Crippen LogP contribution in [-0.4, -0.2) is 27.2 Å². The highest BCUT2D eigenvalue weighted by atomic mass is 32.2. The van der Waals surface area contributed by atoms with Gasteiger partial charge in [0.2, 0.25) is 5.91 Å². The van der Waals surface area contributed by atoms with Crippen LogP contribution in [0.2, 0.25) is 0 Å². The third kappa shape index (κ3) is 3.95. The highest BCUT2D eigenvalue weighted by Crippen LogP contribution is 2.33. The van der Waals surface area contributed by atoms with Gasteiger partial charge in [0.15, 0.2) is 0 Å². The molecule has 0 aliphatic rings. The maximum absolute atomic E-state index is 12.1. The molecule has 4 nitrogen and oxygen atoms in total. The van der Waals surface area contributed by atoms with E-state index in [1.807, 2.05) is 27.7 Å². The molecule has 2 aromatic rings. The predicted octanol–water partition coefficient (Wildman–Crippen LogP) is 3.57. The molecule has 114 valence electrons. The fourth-order valence-electron chi connectivity index (χ4n) is 1.93. The summed E-state index contributed by atoms with van der Waals surface area (Å²) >= 11 is 3.21. The monoisotopic (exact) mass is 323 g/mol. The Bertz CT molecular complexity index is 652. The van der Waals surface area contributed by atoms with Crippen LogP contribution in [0.1, 0.15) is 38.4 Å². The van der Waals surface area contributed by atoms with Crippen molar-refractivity contribution >= 4 is 39.2 Å². The molecule has 1 N–H and O–H groups in total. The first-order chi connectivity index (χ1) is 9.90. The van der Waals surface area contributed by atoms with Crippen LogP contribution < -0.4 is 5.32 Å². The van der Waals surface area contributed by atoms with Gasteiger partial charge in [0.05, 0.1) is 5.25 Å². The number of aryl methyl sites for hydroxylation is 2. The van der Waals surface area contributed by atoms with Crippen molar-refractivity contribution in [2.75, 3.05) is 0 Å². The maximum atomic E-state index is 12.1. The van der Waals surface area contributed by atoms with Gasteiger partial charge in [0.25, 0.3) is 0 Å². The number of hydrogen-bond donors (Lipinski definition) is 1. The minimum Gasteiger partial charge on any atom is -0.353 e. The number of rotatable bonds is 5. The first-order valence-corrected chi connectivity index (χ1v) is 8.84. The second kappa shape index (κ2) is 6.75. The number of carbonyl (C=O) groups is 1. The van der Waals surface area contributed by atoms with Crippen molar-refractivity contribution < 1.29 is 4.79 Å². The average molecular weight is 323 g/mol. The summed E-state index contributed by atoms with van der Waals surface area (Å²) in [5.74, 6) is 0.802. The van der Waals surface area contributed by atoms with E-state index in [-0.39, 0.29) is 17.2 Å². The van der Waals surface area contributed by atoms with Gasteiger partial charge in [-0.15, -0.1) is 11.3 Å². The summed E-state index contributed by atoms with van der Waals surface area (Å²) in [6.45, 7) is 9.88. The Kier molecular flexibility index (Phi) is 5.22. The fourth-order valence-corrected chi connectivity index (χ4v) is 3.99. The largest absolute Gasteiger partial charge is 0.353 e. The quantitative estimate of drug-likeness (QED) is 0.675. The molecule has 1 unspecified atom stereocenters. The minimum atomic E-state index is -0.171. The molecule has 0 radical (unpaired) electrons. The normalized spacial score (nSPS) is 12.9. The summed E-state index contributed by atoms with van der Waals surface area (Å²) in [6.07, 6.45) is 0.994. The number of thioether (sulfide) groups is 1. The van der Waals surface area contributed by atoms with Crippen LogP contribution in [0.25, 0.3) is 10.2 Å². The molecule has 6 heteroatoms. The number of carbonyl (C=O) groups excluding carboxylic acids is 1. The molecular formula is C15H21N3OS2. The van der Waals surface area contributed by atoms with Crippen LogP contribution >= 0.6 is 23.1 Å². The molecule has 0 spiro atoms. The number of aromatic nitrogens is 2. The zero-order valence-corrected chi connectivity index (χ0v) is 14.7. The van der Waals surface area contributed by atoms with Gasteiger partial charge in [-0.05, 0) is 40.2 Å². The van der Waals surface area contributed by atoms with E-state index in [4.69, 9.17) is 0 Å². The molecule has 21 heavy (non-hydrogen) atoms. The molecule has 0 fully saturated rings. The second-order valence-corrected chi connectivity index (χ2v) is 7.73. The summed E-state index contributed by atoms with van der Waals surface area (Å²) in [6, 6.07) is 2.30. The number of thiophene rings is 1. The van der Waals surface area contributed by atoms with Gasteiger partial charge in [0, 0.05) is 16.3 Å². The van der Waals surface area contributed by atoms with Crippen molar-refractivity contribution in [3.05, 3.63) is 16.8 Å². The molecule has 0 bridgehead atoms. The molecule has 0 aromatic carbocycles. The van der Waals surface area contributed by atoms with Crippen LogP contribution in [0.3, 0.4) is 0 Å². The number of fused-ring (bicyclic) bond motifs is 1. The van der Waals surface area contributed by atoms with Gasteiger partial charge in [-0.2, -0.15) is 0 Å². The van der Waals surface area contributed by atoms with Crippen molar-refractivity contribution in [2.24, 2.45) is 0 Å². The van der Waals surface area contributed by atoms with E-state index in [9.17, 15) is 4.79 Å². The van der Waals surface area contributed by atoms with Crippen LogP contribution in [0.5, 0.6) is 0 Å². The summed E-state index contributed by atoms with van der Waals surface area (Å²) in [5, 5.41) is 4.74. The molecule has 2 rings (SSSR count). The van der Waals surface area contributed by atoms with Crippen LogP contribution in [-0.2, 0) is 11.2 Å². The summed E-state index contributed by atoms with van der Waals surface area (Å²) in [5.41, 5.74) is 0. The summed E-state index contributed by atoms with van der Waals surface area (Å²) in [7, 11) is 0. The maximum Gasteiger partial charge on any atom is 0.233 e. The Labute approximate surface area is 133 Å². The first-order valence-electron chi connectivity index (χ1n) is 7.14. The Morgan fingerprint density at radius 2 is 2.10 bits per heavy atom. The van der Waals surface area contributed by atoms with Gasteiger partial charge in [-0.25, -0.2) is 9.97 Å². The Morgan fingerprint density at radius 1 is 1.38 bits per heavy atom. The molecule has 2 heterocycles. The summed E-state index contributed by atoms with van der Waals surface area (Å²) in [4.78, 5) is 23.4. The van der Waals surface area contributed by atoms with Crippen molar-refractivity contribution in [2.45, 2.75) is 57.4 Å². The molecule has 2 aromatic heterocycles. The average Bonchev–Trinajstić information content (AvgIpc) is 2.80. The zero-order chi connectivity index (χ0) is 15.6. The van der Waals surface area contributed by atoms with E-state index in [2.05, 4.69) is 28.3 Å². The van der Waals surface area contributed by atoms with Gasteiger partial charge in [0.1, 0.15) is 15.7 Å². The van der Waals surface area contributed by atoms with Crippen molar-refractivity contribution in [3.8, 4) is 0 Å². The smallest absolute Gasteiger partial charge is 0.233 e. The topological polar surface area (TPSA) is 54.9 Å². The van der Waals surface area contributed by atoms with Crippen molar-refractivity contribution in [1.82, 2.24) is 15.3 Å². The zero-order valence-electron chi connectivity index (χ0n) is 13.1. The van der Waals surface area contributed by atoms with E-state index >= 15 is 0 Å². The number of nitrogens with one attached hydrogen (secondary N) is 1. The second-order valence-electron chi connectivity index (χ2n) is 5.28. The molecule has 1 atom stereocenters. The highest BCUT2D eigenvalue weighted by Gasteiger charge is 2.19. The molecule has 1 amide bonds. The van der Waals surface area contributed by atoms with E-state index in [1.54, 1.807) is 11.3 Å². The lowest BCUT2D eigenvalue weighted by Gasteiger charge is -2.14. The number of nitrogens with zero attached hydrogens (tertiary/aromatic N) is 2. The Hall–Kier alpha value is -1.14. The lowest BCUT2D eigenvalue weighted by molar-refractivity contribution is -0.120. The van der Waals surface area contributed by atoms with E-state index < -0.39 is 0 Å². The standard InChI is InChI=1S/C15H21N3OS2/c1-6-11-7-12-14(17-10(5)18-15(12)21-11)20-9(4)13(19)16-8(2)3/h7-9H,6H2,1-5H3,(H,16,19). The van der Waals surface area contributed by atoms with Crippen LogP contribution in [0.4, 0.5) is 0 Å². The Morgan fingerprint density at radius 3 is 2.71 bits per heavy atom. The van der Waals surface area contributed by atoms with Gasteiger partial charge in [-0.3, -0.25) is 4.79 Å². The minimum absolute atomic E-state index is 0.0466. The number of amides is 1. The fraction of sp³-hybridized carbons (Fsp3) is 0.533. The molecule has 0 aliphatic heterocycles. The molecule has 0 saturated heterocycles. The van der Waals surface area contributed by atoms with Crippen molar-refractivity contribution in [1.29, 1.82) is 0 Å². The first kappa shape index (κ1) is 16.2. The molecule has 0 aliphatic carbocycles. The van der Waals surface area contributed by atoms with Crippen LogP contribution in [0, 0.1) is 6.92 Å². The highest BCUT2D eigenvalue weighted by molar-refractivity contribution is 8.00. The van der Waals surface area contributed by atoms with E-state index in [1.165, 1.54) is 16.6 Å². The van der Waals surface area contributed by atoms with E-state index in [0.29, 0.717) is 0 Å². The predicted molar refractivity (Wildman–Crippen MR) is 90.1 cm³/mol. The van der Waals surface area contributed by atoms with Gasteiger partial charge >= 0.3 is 0 Å². The van der Waals surface area contributed by atoms with Gasteiger partial charge in [-0.1, -0.05) is 18.7 Å². The SMILES string of the molecule is CCc1cc2c(SC(C)C(=O)NC(C)C)nc(C)nc2s1. The lowest BCUT2D eigenvalue weighted by atomic mass is 10.3. The third-order valence-electron chi connectivity index (χ3n) is 2.96. The van der Waals surface area contributed by atoms with Crippen molar-refractivity contribution in [3.63, 3.8) is 0 Å². The Balaban J connectivity index is 2.28. The van der Waals surface area contributed by atoms with Crippen LogP contribution in [0.15, 0.2) is 11.1 Å². The van der Waals surface area contributed by atoms with Gasteiger partial charge < -0.3 is 5.32 Å². The number of hydrogen-bond acceptors (Lipinski definition) is 5. The van der Waals surface area contributed by atoms with E-state index in [0.717, 1.165) is 27.5 Å². The molecule has 0 saturated carbocycles.